The van der Waals surface area contributed by atoms with Crippen molar-refractivity contribution in [2.75, 3.05) is 32.7 Å². The number of aliphatic hydroxyl groups excluding tert-OH is 1. The molecule has 2 atom stereocenters. The van der Waals surface area contributed by atoms with E-state index in [1.165, 1.54) is 17.7 Å². The number of hydrogen-bond donors (Lipinski definition) is 3. The van der Waals surface area contributed by atoms with Crippen molar-refractivity contribution in [1.82, 2.24) is 15.1 Å². The lowest BCUT2D eigenvalue weighted by molar-refractivity contribution is -0.141. The normalized spacial score (nSPS) is 26.9. The number of urea groups is 1. The lowest BCUT2D eigenvalue weighted by atomic mass is 10.2. The van der Waals surface area contributed by atoms with Gasteiger partial charge < -0.3 is 25.3 Å². The van der Waals surface area contributed by atoms with Crippen LogP contribution >= 0.6 is 0 Å². The molecule has 20 heavy (non-hydrogen) atoms. The Labute approximate surface area is 118 Å². The molecule has 2 aliphatic rings. The van der Waals surface area contributed by atoms with Crippen molar-refractivity contribution in [2.45, 2.75) is 37.8 Å². The zero-order valence-corrected chi connectivity index (χ0v) is 11.6. The number of β-amino-alcohol motifs (C(OH)–C–C–N with tert-alkyl or cyclic N) is 1. The first-order valence-corrected chi connectivity index (χ1v) is 7.25. The minimum absolute atomic E-state index is 0.0922. The van der Waals surface area contributed by atoms with Crippen LogP contribution in [-0.4, -0.2) is 76.9 Å². The fourth-order valence-electron chi connectivity index (χ4n) is 2.88. The molecule has 2 rings (SSSR count). The van der Waals surface area contributed by atoms with Crippen LogP contribution in [0.2, 0.25) is 0 Å². The quantitative estimate of drug-likeness (QED) is 0.603. The Hall–Kier alpha value is -1.34. The molecule has 0 saturated carbocycles. The van der Waals surface area contributed by atoms with Gasteiger partial charge in [0.05, 0.1) is 6.10 Å². The monoisotopic (exact) mass is 285 g/mol. The number of carboxylic acid groups (broad SMARTS) is 1. The maximum absolute atomic E-state index is 11.9. The molecule has 0 radical (unpaired) electrons. The maximum atomic E-state index is 11.9. The van der Waals surface area contributed by atoms with E-state index in [2.05, 4.69) is 10.2 Å². The topological polar surface area (TPSA) is 93.1 Å². The van der Waals surface area contributed by atoms with Crippen LogP contribution in [0.25, 0.3) is 0 Å². The Morgan fingerprint density at radius 1 is 1.25 bits per heavy atom. The molecule has 7 heteroatoms. The van der Waals surface area contributed by atoms with E-state index in [0.717, 1.165) is 26.1 Å². The lowest BCUT2D eigenvalue weighted by Crippen LogP contribution is -2.46. The smallest absolute Gasteiger partial charge is 0.326 e. The number of carbonyl (C=O) groups is 2. The Morgan fingerprint density at radius 2 is 1.95 bits per heavy atom. The molecule has 114 valence electrons. The summed E-state index contributed by atoms with van der Waals surface area (Å²) in [5.41, 5.74) is 0. The van der Waals surface area contributed by atoms with Gasteiger partial charge in [0.1, 0.15) is 6.04 Å². The second kappa shape index (κ2) is 6.90. The predicted octanol–water partition coefficient (Wildman–Crippen LogP) is -0.298. The van der Waals surface area contributed by atoms with Crippen molar-refractivity contribution in [1.29, 1.82) is 0 Å². The van der Waals surface area contributed by atoms with E-state index >= 15 is 0 Å². The average molecular weight is 285 g/mol. The van der Waals surface area contributed by atoms with Gasteiger partial charge in [0.2, 0.25) is 0 Å². The molecule has 0 spiro atoms. The first kappa shape index (κ1) is 15.1. The van der Waals surface area contributed by atoms with E-state index in [1.54, 1.807) is 0 Å². The van der Waals surface area contributed by atoms with Crippen molar-refractivity contribution >= 4 is 12.0 Å². The Bertz CT molecular complexity index is 358. The minimum atomic E-state index is -1.06. The minimum Gasteiger partial charge on any atom is -0.480 e. The van der Waals surface area contributed by atoms with Gasteiger partial charge in [0, 0.05) is 19.5 Å². The molecule has 0 aliphatic carbocycles. The van der Waals surface area contributed by atoms with Crippen LogP contribution in [0, 0.1) is 0 Å². The summed E-state index contributed by atoms with van der Waals surface area (Å²) in [6, 6.07) is -1.31. The predicted molar refractivity (Wildman–Crippen MR) is 72.4 cm³/mol. The molecule has 0 aromatic heterocycles. The van der Waals surface area contributed by atoms with Crippen molar-refractivity contribution in [3.63, 3.8) is 0 Å². The molecule has 0 bridgehead atoms. The van der Waals surface area contributed by atoms with E-state index in [9.17, 15) is 14.7 Å². The number of nitrogens with one attached hydrogen (secondary N) is 1. The average Bonchev–Trinajstić information content (AvgIpc) is 3.03. The standard InChI is InChI=1S/C13H23N3O4/c17-10-8-11(12(18)19)16(9-10)13(20)14-4-3-7-15-5-1-2-6-15/h10-11,17H,1-9H2,(H,14,20)(H,18,19)/t10-,11-/m0/s1. The Balaban J connectivity index is 1.69. The van der Waals surface area contributed by atoms with Gasteiger partial charge in [0.15, 0.2) is 0 Å². The van der Waals surface area contributed by atoms with E-state index in [1.807, 2.05) is 0 Å². The zero-order chi connectivity index (χ0) is 14.5. The van der Waals surface area contributed by atoms with Crippen LogP contribution in [0.4, 0.5) is 4.79 Å². The van der Waals surface area contributed by atoms with Crippen molar-refractivity contribution in [3.8, 4) is 0 Å². The van der Waals surface area contributed by atoms with Gasteiger partial charge >= 0.3 is 12.0 Å². The van der Waals surface area contributed by atoms with E-state index in [4.69, 9.17) is 5.11 Å². The molecular weight excluding hydrogens is 262 g/mol. The molecule has 0 unspecified atom stereocenters. The van der Waals surface area contributed by atoms with Crippen LogP contribution in [-0.2, 0) is 4.79 Å². The van der Waals surface area contributed by atoms with E-state index < -0.39 is 24.1 Å². The van der Waals surface area contributed by atoms with Gasteiger partial charge in [-0.3, -0.25) is 0 Å². The zero-order valence-electron chi connectivity index (χ0n) is 11.6. The fraction of sp³-hybridized carbons (Fsp3) is 0.846. The summed E-state index contributed by atoms with van der Waals surface area (Å²) in [5, 5.41) is 21.3. The highest BCUT2D eigenvalue weighted by molar-refractivity contribution is 5.83. The summed E-state index contributed by atoms with van der Waals surface area (Å²) in [7, 11) is 0. The third-order valence-electron chi connectivity index (χ3n) is 3.95. The second-order valence-corrected chi connectivity index (χ2v) is 5.53. The number of amides is 2. The second-order valence-electron chi connectivity index (χ2n) is 5.53. The summed E-state index contributed by atoms with van der Waals surface area (Å²) in [6.45, 7) is 3.86. The van der Waals surface area contributed by atoms with Gasteiger partial charge in [-0.15, -0.1) is 0 Å². The highest BCUT2D eigenvalue weighted by atomic mass is 16.4. The van der Waals surface area contributed by atoms with Gasteiger partial charge in [-0.25, -0.2) is 9.59 Å². The van der Waals surface area contributed by atoms with E-state index in [-0.39, 0.29) is 13.0 Å². The fourth-order valence-corrected chi connectivity index (χ4v) is 2.88. The molecule has 7 nitrogen and oxygen atoms in total. The number of rotatable bonds is 5. The number of aliphatic carboxylic acids is 1. The van der Waals surface area contributed by atoms with Gasteiger partial charge in [-0.2, -0.15) is 0 Å². The first-order valence-electron chi connectivity index (χ1n) is 7.25. The number of aliphatic hydroxyl groups is 1. The number of nitrogens with zero attached hydrogens (tertiary/aromatic N) is 2. The molecular formula is C13H23N3O4. The molecule has 3 N–H and O–H groups in total. The summed E-state index contributed by atoms with van der Waals surface area (Å²) in [4.78, 5) is 26.5. The van der Waals surface area contributed by atoms with Gasteiger partial charge in [-0.1, -0.05) is 0 Å². The highest BCUT2D eigenvalue weighted by Crippen LogP contribution is 2.18. The van der Waals surface area contributed by atoms with Crippen molar-refractivity contribution in [2.24, 2.45) is 0 Å². The summed E-state index contributed by atoms with van der Waals surface area (Å²) >= 11 is 0. The molecule has 0 aromatic rings. The Kier molecular flexibility index (Phi) is 5.19. The van der Waals surface area contributed by atoms with Gasteiger partial charge in [0.25, 0.3) is 0 Å². The summed E-state index contributed by atoms with van der Waals surface area (Å²) in [6.07, 6.45) is 2.72. The highest BCUT2D eigenvalue weighted by Gasteiger charge is 2.38. The van der Waals surface area contributed by atoms with Crippen LogP contribution in [0.1, 0.15) is 25.7 Å². The van der Waals surface area contributed by atoms with Crippen LogP contribution < -0.4 is 5.32 Å². The number of hydrogen-bond acceptors (Lipinski definition) is 4. The molecule has 2 saturated heterocycles. The molecule has 2 fully saturated rings. The van der Waals surface area contributed by atoms with Crippen molar-refractivity contribution < 1.29 is 19.8 Å². The third kappa shape index (κ3) is 3.83. The first-order chi connectivity index (χ1) is 9.58. The number of likely N-dealkylation sites (tertiary alicyclic amines) is 2. The SMILES string of the molecule is O=C(O)[C@@H]1C[C@H](O)CN1C(=O)NCCCN1CCCC1. The third-order valence-corrected chi connectivity index (χ3v) is 3.95. The summed E-state index contributed by atoms with van der Waals surface area (Å²) < 4.78 is 0. The molecule has 2 amide bonds. The van der Waals surface area contributed by atoms with Crippen LogP contribution in [0.15, 0.2) is 0 Å². The van der Waals surface area contributed by atoms with Crippen LogP contribution in [0.5, 0.6) is 0 Å². The summed E-state index contributed by atoms with van der Waals surface area (Å²) in [5.74, 6) is -1.06. The van der Waals surface area contributed by atoms with Gasteiger partial charge in [-0.05, 0) is 38.9 Å². The number of carbonyl (C=O) groups excluding carboxylic acids is 1. The maximum Gasteiger partial charge on any atom is 0.326 e. The Morgan fingerprint density at radius 3 is 2.60 bits per heavy atom. The molecule has 0 aromatic carbocycles. The lowest BCUT2D eigenvalue weighted by Gasteiger charge is -2.22. The number of carboxylic acids is 1. The van der Waals surface area contributed by atoms with Crippen molar-refractivity contribution in [3.05, 3.63) is 0 Å². The molecule has 2 aliphatic heterocycles. The van der Waals surface area contributed by atoms with E-state index in [0.29, 0.717) is 6.54 Å². The molecule has 2 heterocycles. The van der Waals surface area contributed by atoms with Crippen LogP contribution in [0.3, 0.4) is 0 Å². The largest absolute Gasteiger partial charge is 0.480 e.